The lowest BCUT2D eigenvalue weighted by Crippen LogP contribution is -2.33. The van der Waals surface area contributed by atoms with E-state index in [4.69, 9.17) is 0 Å². The Morgan fingerprint density at radius 1 is 1.03 bits per heavy atom. The van der Waals surface area contributed by atoms with Crippen LogP contribution in [-0.4, -0.2) is 0 Å². The van der Waals surface area contributed by atoms with Crippen LogP contribution in [0.4, 0.5) is 0 Å². The van der Waals surface area contributed by atoms with Gasteiger partial charge in [-0.2, -0.15) is 0 Å². The predicted molar refractivity (Wildman–Crippen MR) is 147 cm³/mol. The highest BCUT2D eigenvalue weighted by atomic mass is 14.5. The van der Waals surface area contributed by atoms with E-state index in [-0.39, 0.29) is 0 Å². The molecule has 0 bridgehead atoms. The smallest absolute Gasteiger partial charge is 0.0143 e. The number of rotatable bonds is 8. The Kier molecular flexibility index (Phi) is 9.10. The quantitative estimate of drug-likeness (QED) is 0.256. The van der Waals surface area contributed by atoms with Gasteiger partial charge in [-0.3, -0.25) is 0 Å². The Morgan fingerprint density at radius 2 is 1.82 bits per heavy atom. The van der Waals surface area contributed by atoms with Gasteiger partial charge >= 0.3 is 0 Å². The Bertz CT molecular complexity index is 766. The third kappa shape index (κ3) is 6.64. The van der Waals surface area contributed by atoms with Crippen molar-refractivity contribution in [1.29, 1.82) is 0 Å². The molecule has 0 saturated heterocycles. The van der Waals surface area contributed by atoms with Crippen molar-refractivity contribution in [3.63, 3.8) is 0 Å². The molecule has 5 unspecified atom stereocenters. The minimum atomic E-state index is 0.308. The van der Waals surface area contributed by atoms with Gasteiger partial charge in [0, 0.05) is 0 Å². The molecule has 3 fully saturated rings. The highest BCUT2D eigenvalue weighted by Crippen LogP contribution is 2.58. The van der Waals surface area contributed by atoms with Crippen LogP contribution >= 0.6 is 0 Å². The summed E-state index contributed by atoms with van der Waals surface area (Å²) in [5.74, 6) is 3.13. The molecule has 0 radical (unpaired) electrons. The van der Waals surface area contributed by atoms with Crippen LogP contribution < -0.4 is 0 Å². The van der Waals surface area contributed by atoms with Crippen molar-refractivity contribution in [2.24, 2.45) is 34.5 Å². The molecule has 0 amide bonds. The van der Waals surface area contributed by atoms with Gasteiger partial charge in [0.2, 0.25) is 0 Å². The molecule has 0 heterocycles. The molecule has 3 aliphatic rings. The summed E-state index contributed by atoms with van der Waals surface area (Å²) in [6.45, 7) is 20.4. The zero-order chi connectivity index (χ0) is 24.1. The number of hydrogen-bond donors (Lipinski definition) is 0. The second-order valence-electron chi connectivity index (χ2n) is 12.8. The van der Waals surface area contributed by atoms with E-state index < -0.39 is 0 Å². The molecular weight excluding hydrogens is 396 g/mol. The Labute approximate surface area is 206 Å². The van der Waals surface area contributed by atoms with Crippen molar-refractivity contribution < 1.29 is 0 Å². The fourth-order valence-electron chi connectivity index (χ4n) is 7.20. The van der Waals surface area contributed by atoms with Gasteiger partial charge in [-0.15, -0.1) is 6.58 Å². The molecule has 5 atom stereocenters. The molecule has 0 aromatic rings. The minimum Gasteiger partial charge on any atom is -0.103 e. The first-order chi connectivity index (χ1) is 15.7. The average Bonchev–Trinajstić information content (AvgIpc) is 3.10. The fourth-order valence-corrected chi connectivity index (χ4v) is 7.20. The molecule has 0 aromatic heterocycles. The van der Waals surface area contributed by atoms with Gasteiger partial charge in [-0.1, -0.05) is 77.2 Å². The number of fused-ring (bicyclic) bond motifs is 1. The van der Waals surface area contributed by atoms with Crippen LogP contribution in [0.5, 0.6) is 0 Å². The van der Waals surface area contributed by atoms with E-state index in [0.29, 0.717) is 16.7 Å². The summed E-state index contributed by atoms with van der Waals surface area (Å²) < 4.78 is 0. The summed E-state index contributed by atoms with van der Waals surface area (Å²) in [7, 11) is 0. The van der Waals surface area contributed by atoms with Crippen LogP contribution in [0.1, 0.15) is 112 Å². The maximum absolute atomic E-state index is 4.55. The summed E-state index contributed by atoms with van der Waals surface area (Å²) in [4.78, 5) is 0. The van der Waals surface area contributed by atoms with Crippen molar-refractivity contribution >= 4 is 0 Å². The Balaban J connectivity index is 1.63. The zero-order valence-corrected chi connectivity index (χ0v) is 22.6. The monoisotopic (exact) mass is 448 g/mol. The van der Waals surface area contributed by atoms with Gasteiger partial charge in [0.15, 0.2) is 0 Å². The van der Waals surface area contributed by atoms with Crippen LogP contribution in [0.2, 0.25) is 0 Å². The third-order valence-corrected chi connectivity index (χ3v) is 9.40. The van der Waals surface area contributed by atoms with Gasteiger partial charge in [-0.05, 0) is 123 Å². The fraction of sp³-hybridized carbons (Fsp3) is 0.697. The SMILES string of the molecule is C=CCCCC1CC/C(=C/C=C2\CCCC3(C)C(CCC=CC(C)(C)C)CCC23)C(=C)C1C. The highest BCUT2D eigenvalue weighted by molar-refractivity contribution is 5.37. The number of unbranched alkanes of at least 4 members (excludes halogenated alkanes) is 1. The molecule has 0 N–H and O–H groups in total. The minimum absolute atomic E-state index is 0.308. The molecule has 3 aliphatic carbocycles. The second kappa shape index (κ2) is 11.4. The lowest BCUT2D eigenvalue weighted by Gasteiger charge is -2.42. The van der Waals surface area contributed by atoms with Gasteiger partial charge in [0.05, 0.1) is 0 Å². The maximum Gasteiger partial charge on any atom is -0.0143 e. The Hall–Kier alpha value is -1.30. The van der Waals surface area contributed by atoms with E-state index in [0.717, 1.165) is 24.2 Å². The van der Waals surface area contributed by atoms with E-state index >= 15 is 0 Å². The van der Waals surface area contributed by atoms with Crippen LogP contribution in [-0.2, 0) is 0 Å². The third-order valence-electron chi connectivity index (χ3n) is 9.40. The molecule has 0 spiro atoms. The summed E-state index contributed by atoms with van der Waals surface area (Å²) in [5, 5.41) is 0. The first kappa shape index (κ1) is 26.3. The molecule has 33 heavy (non-hydrogen) atoms. The van der Waals surface area contributed by atoms with Crippen molar-refractivity contribution in [3.8, 4) is 0 Å². The van der Waals surface area contributed by atoms with E-state index in [2.05, 4.69) is 78.2 Å². The highest BCUT2D eigenvalue weighted by Gasteiger charge is 2.48. The topological polar surface area (TPSA) is 0 Å². The van der Waals surface area contributed by atoms with E-state index in [1.807, 2.05) is 0 Å². The second-order valence-corrected chi connectivity index (χ2v) is 12.8. The number of allylic oxidation sites excluding steroid dienone is 8. The lowest BCUT2D eigenvalue weighted by atomic mass is 9.62. The molecular formula is C33H52. The summed E-state index contributed by atoms with van der Waals surface area (Å²) >= 11 is 0. The number of hydrogen-bond acceptors (Lipinski definition) is 0. The van der Waals surface area contributed by atoms with Crippen molar-refractivity contribution in [1.82, 2.24) is 0 Å². The van der Waals surface area contributed by atoms with Crippen molar-refractivity contribution in [2.45, 2.75) is 112 Å². The first-order valence-electron chi connectivity index (χ1n) is 14.0. The molecule has 3 rings (SSSR count). The van der Waals surface area contributed by atoms with E-state index in [9.17, 15) is 0 Å². The van der Waals surface area contributed by atoms with E-state index in [1.54, 1.807) is 5.57 Å². The van der Waals surface area contributed by atoms with Gasteiger partial charge in [0.25, 0.3) is 0 Å². The molecule has 0 nitrogen and oxygen atoms in total. The molecule has 184 valence electrons. The zero-order valence-electron chi connectivity index (χ0n) is 22.6. The average molecular weight is 449 g/mol. The van der Waals surface area contributed by atoms with Crippen LogP contribution in [0.25, 0.3) is 0 Å². The Morgan fingerprint density at radius 3 is 2.55 bits per heavy atom. The summed E-state index contributed by atoms with van der Waals surface area (Å²) in [6.07, 6.45) is 27.8. The van der Waals surface area contributed by atoms with Crippen LogP contribution in [0.15, 0.2) is 60.3 Å². The molecule has 0 heteroatoms. The van der Waals surface area contributed by atoms with Crippen molar-refractivity contribution in [3.05, 3.63) is 60.3 Å². The molecule has 0 aromatic carbocycles. The normalized spacial score (nSPS) is 35.5. The van der Waals surface area contributed by atoms with Gasteiger partial charge < -0.3 is 0 Å². The molecule has 3 saturated carbocycles. The summed E-state index contributed by atoms with van der Waals surface area (Å²) in [5.41, 5.74) is 5.52. The standard InChI is InChI=1S/C33H52/c1-8-9-10-14-27-17-18-28(26(3)25(27)2)19-20-29-15-13-24-33(7)30(21-22-31(29)33)16-11-12-23-32(4,5)6/h8,12,19-20,23,25,27,30-31H,1,3,9-11,13-18,21-22,24H2,2,4-7H3/b23-12?,28-19-,29-20+. The van der Waals surface area contributed by atoms with Crippen molar-refractivity contribution in [2.75, 3.05) is 0 Å². The lowest BCUT2D eigenvalue weighted by molar-refractivity contribution is 0.130. The van der Waals surface area contributed by atoms with Crippen LogP contribution in [0, 0.1) is 34.5 Å². The maximum atomic E-state index is 4.55. The van der Waals surface area contributed by atoms with Gasteiger partial charge in [-0.25, -0.2) is 0 Å². The summed E-state index contributed by atoms with van der Waals surface area (Å²) in [6, 6.07) is 0. The predicted octanol–water partition coefficient (Wildman–Crippen LogP) is 10.4. The van der Waals surface area contributed by atoms with Gasteiger partial charge in [0.1, 0.15) is 0 Å². The first-order valence-corrected chi connectivity index (χ1v) is 14.0. The van der Waals surface area contributed by atoms with E-state index in [1.165, 1.54) is 81.8 Å². The van der Waals surface area contributed by atoms with Crippen LogP contribution in [0.3, 0.4) is 0 Å². The largest absolute Gasteiger partial charge is 0.103 e. The molecule has 0 aliphatic heterocycles.